The van der Waals surface area contributed by atoms with Crippen LogP contribution in [-0.4, -0.2) is 28.1 Å². The lowest BCUT2D eigenvalue weighted by Crippen LogP contribution is -2.31. The Bertz CT molecular complexity index is 1180. The minimum absolute atomic E-state index is 0.128. The first-order valence-electron chi connectivity index (χ1n) is 10.1. The fourth-order valence-corrected chi connectivity index (χ4v) is 3.75. The second kappa shape index (κ2) is 8.10. The molecule has 1 aromatic heterocycles. The van der Waals surface area contributed by atoms with Crippen molar-refractivity contribution in [3.05, 3.63) is 70.1 Å². The number of benzene rings is 2. The van der Waals surface area contributed by atoms with Gasteiger partial charge >= 0.3 is 0 Å². The maximum atomic E-state index is 13.0. The predicted octanol–water partition coefficient (Wildman–Crippen LogP) is 3.03. The molecule has 0 bridgehead atoms. The minimum Gasteiger partial charge on any atom is -0.347 e. The Morgan fingerprint density at radius 2 is 1.87 bits per heavy atom. The van der Waals surface area contributed by atoms with Crippen LogP contribution in [0, 0.1) is 0 Å². The molecule has 1 N–H and O–H groups in total. The van der Waals surface area contributed by atoms with Gasteiger partial charge in [-0.1, -0.05) is 30.3 Å². The average molecular weight is 404 g/mol. The van der Waals surface area contributed by atoms with Crippen molar-refractivity contribution < 1.29 is 9.59 Å². The number of fused-ring (bicyclic) bond motifs is 1. The van der Waals surface area contributed by atoms with E-state index in [2.05, 4.69) is 10.4 Å². The van der Waals surface area contributed by atoms with Crippen molar-refractivity contribution in [2.24, 2.45) is 0 Å². The van der Waals surface area contributed by atoms with E-state index in [1.807, 2.05) is 38.1 Å². The third-order valence-corrected chi connectivity index (χ3v) is 5.28. The number of anilines is 1. The first-order chi connectivity index (χ1) is 14.5. The van der Waals surface area contributed by atoms with Crippen LogP contribution in [0.5, 0.6) is 0 Å². The average Bonchev–Trinajstić information content (AvgIpc) is 3.18. The lowest BCUT2D eigenvalue weighted by molar-refractivity contribution is -0.117. The van der Waals surface area contributed by atoms with Gasteiger partial charge in [0.05, 0.1) is 11.4 Å². The molecule has 2 aromatic carbocycles. The van der Waals surface area contributed by atoms with Crippen LogP contribution >= 0.6 is 0 Å². The van der Waals surface area contributed by atoms with Crippen molar-refractivity contribution in [3.63, 3.8) is 0 Å². The Labute approximate surface area is 174 Å². The molecule has 7 heteroatoms. The second-order valence-corrected chi connectivity index (χ2v) is 7.74. The molecule has 7 nitrogen and oxygen atoms in total. The lowest BCUT2D eigenvalue weighted by Gasteiger charge is -2.17. The molecule has 3 aromatic rings. The van der Waals surface area contributed by atoms with Crippen LogP contribution in [-0.2, 0) is 11.3 Å². The summed E-state index contributed by atoms with van der Waals surface area (Å²) < 4.78 is 1.34. The summed E-state index contributed by atoms with van der Waals surface area (Å²) in [5.74, 6) is -0.217. The van der Waals surface area contributed by atoms with E-state index in [-0.39, 0.29) is 29.1 Å². The van der Waals surface area contributed by atoms with E-state index < -0.39 is 0 Å². The molecule has 0 radical (unpaired) electrons. The molecule has 1 aliphatic rings. The number of hydrogen-bond donors (Lipinski definition) is 1. The zero-order valence-electron chi connectivity index (χ0n) is 17.1. The van der Waals surface area contributed by atoms with Crippen LogP contribution in [0.3, 0.4) is 0 Å². The van der Waals surface area contributed by atoms with E-state index in [0.717, 1.165) is 24.2 Å². The summed E-state index contributed by atoms with van der Waals surface area (Å²) in [5.41, 5.74) is 1.76. The van der Waals surface area contributed by atoms with Gasteiger partial charge in [0.2, 0.25) is 5.91 Å². The number of carbonyl (C=O) groups is 2. The summed E-state index contributed by atoms with van der Waals surface area (Å²) in [6, 6.07) is 14.5. The molecule has 1 saturated heterocycles. The maximum Gasteiger partial charge on any atom is 0.274 e. The first-order valence-corrected chi connectivity index (χ1v) is 10.1. The molecule has 0 unspecified atom stereocenters. The van der Waals surface area contributed by atoms with E-state index in [1.165, 1.54) is 4.68 Å². The van der Waals surface area contributed by atoms with Crippen LogP contribution in [0.1, 0.15) is 48.8 Å². The van der Waals surface area contributed by atoms with Gasteiger partial charge in [0, 0.05) is 30.6 Å². The van der Waals surface area contributed by atoms with Crippen molar-refractivity contribution in [3.8, 4) is 0 Å². The molecule has 2 amide bonds. The normalized spacial score (nSPS) is 14.0. The van der Waals surface area contributed by atoms with Gasteiger partial charge < -0.3 is 10.2 Å². The molecule has 0 spiro atoms. The highest BCUT2D eigenvalue weighted by Gasteiger charge is 2.22. The summed E-state index contributed by atoms with van der Waals surface area (Å²) in [7, 11) is 0. The topological polar surface area (TPSA) is 84.3 Å². The highest BCUT2D eigenvalue weighted by Crippen LogP contribution is 2.22. The Balaban J connectivity index is 1.59. The molecule has 1 fully saturated rings. The van der Waals surface area contributed by atoms with Crippen LogP contribution in [0.25, 0.3) is 10.8 Å². The number of nitrogens with one attached hydrogen (secondary N) is 1. The number of amides is 2. The highest BCUT2D eigenvalue weighted by atomic mass is 16.2. The van der Waals surface area contributed by atoms with Crippen molar-refractivity contribution in [1.82, 2.24) is 15.1 Å². The number of nitrogens with zero attached hydrogens (tertiary/aromatic N) is 3. The van der Waals surface area contributed by atoms with Gasteiger partial charge in [-0.2, -0.15) is 5.10 Å². The van der Waals surface area contributed by atoms with E-state index in [0.29, 0.717) is 23.7 Å². The van der Waals surface area contributed by atoms with Gasteiger partial charge in [-0.15, -0.1) is 0 Å². The van der Waals surface area contributed by atoms with Gasteiger partial charge in [-0.05, 0) is 44.0 Å². The predicted molar refractivity (Wildman–Crippen MR) is 116 cm³/mol. The third-order valence-electron chi connectivity index (χ3n) is 5.28. The van der Waals surface area contributed by atoms with Crippen LogP contribution in [0.2, 0.25) is 0 Å². The SMILES string of the molecule is CC(C)n1nc(C(=O)NCc2cccc(N3CCCC3=O)c2)c2ccccc2c1=O. The maximum absolute atomic E-state index is 13.0. The Morgan fingerprint density at radius 1 is 1.10 bits per heavy atom. The van der Waals surface area contributed by atoms with Gasteiger partial charge in [-0.3, -0.25) is 14.4 Å². The number of hydrogen-bond acceptors (Lipinski definition) is 4. The van der Waals surface area contributed by atoms with Crippen LogP contribution in [0.4, 0.5) is 5.69 Å². The molecule has 4 rings (SSSR count). The van der Waals surface area contributed by atoms with Gasteiger partial charge in [-0.25, -0.2) is 4.68 Å². The summed E-state index contributed by atoms with van der Waals surface area (Å²) in [6.07, 6.45) is 1.44. The first kappa shape index (κ1) is 19.8. The minimum atomic E-state index is -0.344. The Kier molecular flexibility index (Phi) is 5.35. The third kappa shape index (κ3) is 3.70. The van der Waals surface area contributed by atoms with Crippen molar-refractivity contribution in [2.75, 3.05) is 11.4 Å². The fourth-order valence-electron chi connectivity index (χ4n) is 3.75. The molecular weight excluding hydrogens is 380 g/mol. The van der Waals surface area contributed by atoms with E-state index >= 15 is 0 Å². The molecule has 1 aliphatic heterocycles. The fraction of sp³-hybridized carbons (Fsp3) is 0.304. The molecule has 2 heterocycles. The molecular formula is C23H24N4O3. The Morgan fingerprint density at radius 3 is 2.57 bits per heavy atom. The zero-order chi connectivity index (χ0) is 21.3. The lowest BCUT2D eigenvalue weighted by atomic mass is 10.1. The molecule has 0 atom stereocenters. The van der Waals surface area contributed by atoms with E-state index in [9.17, 15) is 14.4 Å². The standard InChI is InChI=1S/C23H24N4O3/c1-15(2)27-23(30)19-10-4-3-9-18(19)21(25-27)22(29)24-14-16-7-5-8-17(13-16)26-12-6-11-20(26)28/h3-5,7-10,13,15H,6,11-12,14H2,1-2H3,(H,24,29). The highest BCUT2D eigenvalue weighted by molar-refractivity contribution is 6.04. The molecule has 154 valence electrons. The van der Waals surface area contributed by atoms with Crippen LogP contribution < -0.4 is 15.8 Å². The largest absolute Gasteiger partial charge is 0.347 e. The van der Waals surface area contributed by atoms with E-state index in [1.54, 1.807) is 29.2 Å². The number of rotatable bonds is 5. The Hall–Kier alpha value is -3.48. The van der Waals surface area contributed by atoms with Gasteiger partial charge in [0.25, 0.3) is 11.5 Å². The number of carbonyl (C=O) groups excluding carboxylic acids is 2. The quantitative estimate of drug-likeness (QED) is 0.708. The van der Waals surface area contributed by atoms with Crippen LogP contribution in [0.15, 0.2) is 53.3 Å². The van der Waals surface area contributed by atoms with Crippen molar-refractivity contribution in [1.29, 1.82) is 0 Å². The molecule has 0 aliphatic carbocycles. The van der Waals surface area contributed by atoms with Gasteiger partial charge in [0.1, 0.15) is 0 Å². The summed E-state index contributed by atoms with van der Waals surface area (Å²) in [6.45, 7) is 4.73. The summed E-state index contributed by atoms with van der Waals surface area (Å²) in [5, 5.41) is 8.25. The summed E-state index contributed by atoms with van der Waals surface area (Å²) in [4.78, 5) is 39.4. The second-order valence-electron chi connectivity index (χ2n) is 7.74. The monoisotopic (exact) mass is 404 g/mol. The van der Waals surface area contributed by atoms with E-state index in [4.69, 9.17) is 0 Å². The molecule has 30 heavy (non-hydrogen) atoms. The summed E-state index contributed by atoms with van der Waals surface area (Å²) >= 11 is 0. The smallest absolute Gasteiger partial charge is 0.274 e. The number of aromatic nitrogens is 2. The van der Waals surface area contributed by atoms with Crippen molar-refractivity contribution in [2.45, 2.75) is 39.3 Å². The van der Waals surface area contributed by atoms with Gasteiger partial charge in [0.15, 0.2) is 5.69 Å². The van der Waals surface area contributed by atoms with Crippen molar-refractivity contribution >= 4 is 28.3 Å². The zero-order valence-corrected chi connectivity index (χ0v) is 17.1. The molecule has 0 saturated carbocycles.